The second kappa shape index (κ2) is 5.61. The van der Waals surface area contributed by atoms with Crippen LogP contribution < -0.4 is 5.73 Å². The van der Waals surface area contributed by atoms with Crippen LogP contribution in [0.4, 0.5) is 0 Å². The van der Waals surface area contributed by atoms with Crippen LogP contribution in [0.2, 0.25) is 0 Å². The number of hydrogen-bond acceptors (Lipinski definition) is 3. The SMILES string of the molecule is NCC(C(=O)O)c1ccc(-n2ncc(Br)c2C2CC2)cc1. The summed E-state index contributed by atoms with van der Waals surface area (Å²) in [7, 11) is 0. The minimum absolute atomic E-state index is 0.0926. The van der Waals surface area contributed by atoms with Crippen molar-refractivity contribution in [2.75, 3.05) is 6.54 Å². The van der Waals surface area contributed by atoms with Gasteiger partial charge < -0.3 is 10.8 Å². The molecule has 0 amide bonds. The first kappa shape index (κ1) is 14.3. The van der Waals surface area contributed by atoms with Crippen molar-refractivity contribution in [3.05, 3.63) is 46.2 Å². The van der Waals surface area contributed by atoms with Gasteiger partial charge in [0.15, 0.2) is 0 Å². The number of carbonyl (C=O) groups is 1. The number of nitrogens with two attached hydrogens (primary N) is 1. The van der Waals surface area contributed by atoms with Crippen molar-refractivity contribution in [2.45, 2.75) is 24.7 Å². The van der Waals surface area contributed by atoms with Crippen molar-refractivity contribution in [1.82, 2.24) is 9.78 Å². The highest BCUT2D eigenvalue weighted by Gasteiger charge is 2.30. The molecule has 0 bridgehead atoms. The molecule has 1 fully saturated rings. The molecular formula is C15H16BrN3O2. The molecular weight excluding hydrogens is 334 g/mol. The van der Waals surface area contributed by atoms with Crippen LogP contribution in [0.5, 0.6) is 0 Å². The van der Waals surface area contributed by atoms with Crippen LogP contribution in [0.1, 0.15) is 35.9 Å². The average Bonchev–Trinajstić information content (AvgIpc) is 3.23. The highest BCUT2D eigenvalue weighted by Crippen LogP contribution is 2.43. The van der Waals surface area contributed by atoms with Gasteiger partial charge in [-0.1, -0.05) is 12.1 Å². The van der Waals surface area contributed by atoms with Crippen molar-refractivity contribution < 1.29 is 9.90 Å². The van der Waals surface area contributed by atoms with Gasteiger partial charge in [-0.05, 0) is 46.5 Å². The topological polar surface area (TPSA) is 81.1 Å². The van der Waals surface area contributed by atoms with E-state index in [9.17, 15) is 4.79 Å². The van der Waals surface area contributed by atoms with E-state index in [0.717, 1.165) is 10.2 Å². The molecule has 1 aliphatic rings. The molecule has 1 saturated carbocycles. The Bertz CT molecular complexity index is 662. The van der Waals surface area contributed by atoms with E-state index >= 15 is 0 Å². The van der Waals surface area contributed by atoms with Crippen LogP contribution in [0.3, 0.4) is 0 Å². The highest BCUT2D eigenvalue weighted by molar-refractivity contribution is 9.10. The Morgan fingerprint density at radius 3 is 2.62 bits per heavy atom. The van der Waals surface area contributed by atoms with Crippen LogP contribution >= 0.6 is 15.9 Å². The first-order valence-corrected chi connectivity index (χ1v) is 7.67. The molecule has 3 N–H and O–H groups in total. The van der Waals surface area contributed by atoms with E-state index in [1.54, 1.807) is 0 Å². The maximum atomic E-state index is 11.1. The number of nitrogens with zero attached hydrogens (tertiary/aromatic N) is 2. The van der Waals surface area contributed by atoms with Gasteiger partial charge in [-0.25, -0.2) is 4.68 Å². The van der Waals surface area contributed by atoms with Gasteiger partial charge in [0.25, 0.3) is 0 Å². The Morgan fingerprint density at radius 1 is 1.43 bits per heavy atom. The number of hydrogen-bond donors (Lipinski definition) is 2. The molecule has 5 nitrogen and oxygen atoms in total. The summed E-state index contributed by atoms with van der Waals surface area (Å²) >= 11 is 3.55. The Labute approximate surface area is 130 Å². The van der Waals surface area contributed by atoms with Crippen LogP contribution in [0, 0.1) is 0 Å². The summed E-state index contributed by atoms with van der Waals surface area (Å²) in [6.45, 7) is 0.0926. The first-order chi connectivity index (χ1) is 10.1. The third-order valence-corrected chi connectivity index (χ3v) is 4.41. The van der Waals surface area contributed by atoms with Gasteiger partial charge in [0.2, 0.25) is 0 Å². The minimum atomic E-state index is -0.897. The number of halogens is 1. The van der Waals surface area contributed by atoms with Crippen molar-refractivity contribution in [3.8, 4) is 5.69 Å². The average molecular weight is 350 g/mol. The molecule has 1 heterocycles. The van der Waals surface area contributed by atoms with Crippen molar-refractivity contribution in [2.24, 2.45) is 5.73 Å². The van der Waals surface area contributed by atoms with E-state index in [2.05, 4.69) is 21.0 Å². The number of aromatic nitrogens is 2. The van der Waals surface area contributed by atoms with Crippen LogP contribution in [-0.4, -0.2) is 27.4 Å². The fourth-order valence-corrected chi connectivity index (χ4v) is 3.08. The summed E-state index contributed by atoms with van der Waals surface area (Å²) in [5, 5.41) is 13.5. The summed E-state index contributed by atoms with van der Waals surface area (Å²) < 4.78 is 2.95. The largest absolute Gasteiger partial charge is 0.481 e. The van der Waals surface area contributed by atoms with E-state index in [1.165, 1.54) is 18.5 Å². The van der Waals surface area contributed by atoms with E-state index in [1.807, 2.05) is 35.1 Å². The number of benzene rings is 1. The smallest absolute Gasteiger partial charge is 0.312 e. The lowest BCUT2D eigenvalue weighted by atomic mass is 9.99. The molecule has 21 heavy (non-hydrogen) atoms. The Kier molecular flexibility index (Phi) is 3.82. The van der Waals surface area contributed by atoms with Gasteiger partial charge in [0, 0.05) is 12.5 Å². The molecule has 1 unspecified atom stereocenters. The molecule has 0 spiro atoms. The lowest BCUT2D eigenvalue weighted by Crippen LogP contribution is -2.21. The summed E-state index contributed by atoms with van der Waals surface area (Å²) in [4.78, 5) is 11.1. The quantitative estimate of drug-likeness (QED) is 0.869. The molecule has 0 saturated heterocycles. The predicted octanol–water partition coefficient (Wildman–Crippen LogP) is 2.64. The number of aliphatic carboxylic acids is 1. The monoisotopic (exact) mass is 349 g/mol. The summed E-state index contributed by atoms with van der Waals surface area (Å²) in [5.41, 5.74) is 8.37. The molecule has 0 radical (unpaired) electrons. The van der Waals surface area contributed by atoms with Gasteiger partial charge in [0.1, 0.15) is 0 Å². The zero-order chi connectivity index (χ0) is 15.0. The molecule has 1 aromatic heterocycles. The molecule has 2 aromatic rings. The second-order valence-electron chi connectivity index (χ2n) is 5.28. The van der Waals surface area contributed by atoms with Crippen LogP contribution in [-0.2, 0) is 4.79 Å². The minimum Gasteiger partial charge on any atom is -0.481 e. The Morgan fingerprint density at radius 2 is 2.10 bits per heavy atom. The van der Waals surface area contributed by atoms with E-state index in [-0.39, 0.29) is 6.54 Å². The maximum absolute atomic E-state index is 11.1. The predicted molar refractivity (Wildman–Crippen MR) is 82.7 cm³/mol. The van der Waals surface area contributed by atoms with Gasteiger partial charge in [0.05, 0.1) is 28.0 Å². The zero-order valence-corrected chi connectivity index (χ0v) is 13.0. The van der Waals surface area contributed by atoms with Crippen molar-refractivity contribution in [3.63, 3.8) is 0 Å². The van der Waals surface area contributed by atoms with Gasteiger partial charge in [-0.15, -0.1) is 0 Å². The summed E-state index contributed by atoms with van der Waals surface area (Å²) in [6.07, 6.45) is 4.19. The van der Waals surface area contributed by atoms with Crippen molar-refractivity contribution >= 4 is 21.9 Å². The van der Waals surface area contributed by atoms with Crippen LogP contribution in [0.15, 0.2) is 34.9 Å². The first-order valence-electron chi connectivity index (χ1n) is 6.88. The van der Waals surface area contributed by atoms with Gasteiger partial charge >= 0.3 is 5.97 Å². The zero-order valence-electron chi connectivity index (χ0n) is 11.4. The Balaban J connectivity index is 1.93. The van der Waals surface area contributed by atoms with Crippen molar-refractivity contribution in [1.29, 1.82) is 0 Å². The lowest BCUT2D eigenvalue weighted by molar-refractivity contribution is -0.138. The molecule has 1 atom stereocenters. The third-order valence-electron chi connectivity index (χ3n) is 3.80. The molecule has 3 rings (SSSR count). The lowest BCUT2D eigenvalue weighted by Gasteiger charge is -2.12. The molecule has 6 heteroatoms. The summed E-state index contributed by atoms with van der Waals surface area (Å²) in [5.74, 6) is -0.991. The second-order valence-corrected chi connectivity index (χ2v) is 6.14. The van der Waals surface area contributed by atoms with Crippen LogP contribution in [0.25, 0.3) is 5.69 Å². The van der Waals surface area contributed by atoms with E-state index < -0.39 is 11.9 Å². The Hall–Kier alpha value is -1.66. The molecule has 110 valence electrons. The van der Waals surface area contributed by atoms with Gasteiger partial charge in [-0.3, -0.25) is 4.79 Å². The maximum Gasteiger partial charge on any atom is 0.312 e. The summed E-state index contributed by atoms with van der Waals surface area (Å²) in [6, 6.07) is 7.42. The normalized spacial score (nSPS) is 15.9. The van der Waals surface area contributed by atoms with Gasteiger partial charge in [-0.2, -0.15) is 5.10 Å². The third kappa shape index (κ3) is 2.73. The standard InChI is InChI=1S/C15H16BrN3O2/c16-13-8-18-19(14(13)10-1-2-10)11-5-3-9(4-6-11)12(7-17)15(20)21/h3-6,8,10,12H,1-2,7,17H2,(H,20,21). The van der Waals surface area contributed by atoms with E-state index in [4.69, 9.17) is 10.8 Å². The van der Waals surface area contributed by atoms with E-state index in [0.29, 0.717) is 11.5 Å². The fraction of sp³-hybridized carbons (Fsp3) is 0.333. The number of carboxylic acids is 1. The number of carboxylic acid groups (broad SMARTS) is 1. The fourth-order valence-electron chi connectivity index (χ4n) is 2.50. The number of rotatable bonds is 5. The highest BCUT2D eigenvalue weighted by atomic mass is 79.9. The molecule has 0 aliphatic heterocycles. The molecule has 1 aliphatic carbocycles. The molecule has 1 aromatic carbocycles.